The minimum atomic E-state index is -0.0399. The fraction of sp³-hybridized carbons (Fsp3) is 0.143. The highest BCUT2D eigenvalue weighted by Gasteiger charge is 2.44. The molecular weight excluding hydrogens is 828 g/mol. The van der Waals surface area contributed by atoms with Crippen LogP contribution in [0.5, 0.6) is 0 Å². The summed E-state index contributed by atoms with van der Waals surface area (Å²) in [5, 5.41) is 4.57. The van der Waals surface area contributed by atoms with Gasteiger partial charge in [0, 0.05) is 55.7 Å². The molecule has 4 heterocycles. The maximum absolute atomic E-state index is 6.32. The first-order valence-corrected chi connectivity index (χ1v) is 23.9. The van der Waals surface area contributed by atoms with E-state index in [1.165, 1.54) is 67.0 Å². The van der Waals surface area contributed by atoms with Crippen LogP contribution in [0.15, 0.2) is 191 Å². The summed E-state index contributed by atoms with van der Waals surface area (Å²) in [7, 11) is 0. The second-order valence-corrected chi connectivity index (χ2v) is 21.0. The molecule has 68 heavy (non-hydrogen) atoms. The molecule has 0 aliphatic carbocycles. The fourth-order valence-corrected chi connectivity index (χ4v) is 11.2. The second-order valence-electron chi connectivity index (χ2n) is 21.0. The molecule has 0 saturated heterocycles. The summed E-state index contributed by atoms with van der Waals surface area (Å²) in [6, 6.07) is 67.2. The van der Waals surface area contributed by atoms with Crippen LogP contribution in [-0.4, -0.2) is 6.71 Å². The molecule has 0 N–H and O–H groups in total. The van der Waals surface area contributed by atoms with E-state index in [2.05, 4.69) is 228 Å². The Morgan fingerprint density at radius 2 is 0.809 bits per heavy atom. The lowest BCUT2D eigenvalue weighted by Gasteiger charge is -2.45. The second kappa shape index (κ2) is 14.6. The van der Waals surface area contributed by atoms with E-state index >= 15 is 0 Å². The molecule has 2 aromatic heterocycles. The topological polar surface area (TPSA) is 32.8 Å². The van der Waals surface area contributed by atoms with Gasteiger partial charge in [-0.15, -0.1) is 0 Å². The maximum atomic E-state index is 6.32. The van der Waals surface area contributed by atoms with Crippen LogP contribution in [0.25, 0.3) is 66.1 Å². The first-order valence-electron chi connectivity index (χ1n) is 23.9. The number of benzene rings is 9. The van der Waals surface area contributed by atoms with E-state index in [0.717, 1.165) is 66.4 Å². The van der Waals surface area contributed by atoms with Crippen LogP contribution in [0, 0.1) is 6.92 Å². The summed E-state index contributed by atoms with van der Waals surface area (Å²) in [6.07, 6.45) is 0. The third-order valence-electron chi connectivity index (χ3n) is 14.6. The molecule has 328 valence electrons. The van der Waals surface area contributed by atoms with E-state index < -0.39 is 0 Å². The molecule has 0 saturated carbocycles. The average molecular weight is 879 g/mol. The van der Waals surface area contributed by atoms with Gasteiger partial charge in [0.1, 0.15) is 22.3 Å². The monoisotopic (exact) mass is 878 g/mol. The summed E-state index contributed by atoms with van der Waals surface area (Å²) in [4.78, 5) is 5.05. The summed E-state index contributed by atoms with van der Waals surface area (Å²) in [6.45, 7) is 16.2. The normalized spacial score (nSPS) is 13.4. The molecule has 2 aliphatic heterocycles. The predicted octanol–water partition coefficient (Wildman–Crippen LogP) is 15.8. The van der Waals surface area contributed by atoms with Gasteiger partial charge in [0.15, 0.2) is 0 Å². The minimum absolute atomic E-state index is 0.0141. The van der Waals surface area contributed by atoms with Gasteiger partial charge in [0.2, 0.25) is 0 Å². The predicted molar refractivity (Wildman–Crippen MR) is 288 cm³/mol. The Hall–Kier alpha value is -7.76. The van der Waals surface area contributed by atoms with Crippen molar-refractivity contribution >= 4 is 101 Å². The van der Waals surface area contributed by atoms with Crippen molar-refractivity contribution < 1.29 is 8.83 Å². The standard InChI is InChI=1S/C63H51BN2O2/c1-38-34-53-61-54(35-38)66(44-30-24-40(25-31-44)46-17-13-21-58-60(46)48-15-9-11-19-56(48)68-58)52-33-27-42(63(5,6)7)37-50(52)64(61)49-36-41(62(2,3)4)26-32-51(49)65(53)43-28-22-39(23-29-43)45-16-12-20-57-59(45)47-14-8-10-18-55(47)67-57/h8-37H,1-7H3. The lowest BCUT2D eigenvalue weighted by molar-refractivity contribution is 0.590. The Labute approximate surface area is 398 Å². The highest BCUT2D eigenvalue weighted by Crippen LogP contribution is 2.47. The molecule has 0 unspecified atom stereocenters. The van der Waals surface area contributed by atoms with Crippen molar-refractivity contribution in [3.63, 3.8) is 0 Å². The third kappa shape index (κ3) is 6.14. The molecule has 0 bridgehead atoms. The molecule has 13 rings (SSSR count). The molecule has 0 amide bonds. The largest absolute Gasteiger partial charge is 0.456 e. The van der Waals surface area contributed by atoms with E-state index in [9.17, 15) is 0 Å². The third-order valence-corrected chi connectivity index (χ3v) is 14.6. The Morgan fingerprint density at radius 1 is 0.397 bits per heavy atom. The number of nitrogens with zero attached hydrogens (tertiary/aromatic N) is 2. The van der Waals surface area contributed by atoms with Gasteiger partial charge < -0.3 is 18.6 Å². The van der Waals surface area contributed by atoms with Gasteiger partial charge >= 0.3 is 0 Å². The zero-order valence-electron chi connectivity index (χ0n) is 39.6. The van der Waals surface area contributed by atoms with Crippen LogP contribution < -0.4 is 26.2 Å². The van der Waals surface area contributed by atoms with E-state index in [0.29, 0.717) is 0 Å². The van der Waals surface area contributed by atoms with Crippen LogP contribution in [-0.2, 0) is 10.8 Å². The quantitative estimate of drug-likeness (QED) is 0.165. The zero-order chi connectivity index (χ0) is 46.2. The Bertz CT molecular complexity index is 3590. The van der Waals surface area contributed by atoms with Gasteiger partial charge in [-0.05, 0) is 146 Å². The molecule has 0 radical (unpaired) electrons. The van der Waals surface area contributed by atoms with Crippen molar-refractivity contribution in [2.45, 2.75) is 59.3 Å². The lowest BCUT2D eigenvalue weighted by atomic mass is 9.33. The average Bonchev–Trinajstić information content (AvgIpc) is 3.92. The fourth-order valence-electron chi connectivity index (χ4n) is 11.2. The van der Waals surface area contributed by atoms with Gasteiger partial charge in [-0.3, -0.25) is 0 Å². The van der Waals surface area contributed by atoms with Gasteiger partial charge in [0.25, 0.3) is 6.71 Å². The van der Waals surface area contributed by atoms with Gasteiger partial charge in [0.05, 0.1) is 0 Å². The van der Waals surface area contributed by atoms with Crippen LogP contribution in [0.1, 0.15) is 58.2 Å². The number of rotatable bonds is 4. The molecule has 0 spiro atoms. The summed E-state index contributed by atoms with van der Waals surface area (Å²) >= 11 is 0. The van der Waals surface area contributed by atoms with Crippen LogP contribution in [0.3, 0.4) is 0 Å². The molecule has 0 atom stereocenters. The Kier molecular flexibility index (Phi) is 8.71. The molecule has 11 aromatic rings. The summed E-state index contributed by atoms with van der Waals surface area (Å²) < 4.78 is 12.6. The van der Waals surface area contributed by atoms with Crippen molar-refractivity contribution in [3.8, 4) is 22.3 Å². The first-order chi connectivity index (χ1) is 32.9. The van der Waals surface area contributed by atoms with E-state index in [4.69, 9.17) is 8.83 Å². The highest BCUT2D eigenvalue weighted by molar-refractivity contribution is 7.00. The number of hydrogen-bond donors (Lipinski definition) is 0. The molecule has 9 aromatic carbocycles. The molecular formula is C63H51BN2O2. The number of hydrogen-bond acceptors (Lipinski definition) is 4. The van der Waals surface area contributed by atoms with Crippen LogP contribution in [0.4, 0.5) is 34.1 Å². The number of anilines is 6. The van der Waals surface area contributed by atoms with Gasteiger partial charge in [-0.2, -0.15) is 0 Å². The zero-order valence-corrected chi connectivity index (χ0v) is 39.6. The van der Waals surface area contributed by atoms with Gasteiger partial charge in [-0.25, -0.2) is 0 Å². The summed E-state index contributed by atoms with van der Waals surface area (Å²) in [5.74, 6) is 0. The smallest absolute Gasteiger partial charge is 0.252 e. The molecule has 4 nitrogen and oxygen atoms in total. The van der Waals surface area contributed by atoms with Crippen molar-refractivity contribution in [1.82, 2.24) is 0 Å². The van der Waals surface area contributed by atoms with Crippen molar-refractivity contribution in [2.75, 3.05) is 9.80 Å². The number of aryl methyl sites for hydroxylation is 1. The van der Waals surface area contributed by atoms with E-state index in [-0.39, 0.29) is 17.5 Å². The lowest BCUT2D eigenvalue weighted by Crippen LogP contribution is -2.61. The SMILES string of the molecule is Cc1cc2c3c(c1)N(c1ccc(-c4cccc5oc6ccccc6c45)cc1)c1ccc(C(C)(C)C)cc1B3c1cc(C(C)(C)C)ccc1N2c1ccc(-c2cccc3oc4ccccc4c23)cc1. The number of furan rings is 2. The van der Waals surface area contributed by atoms with Crippen molar-refractivity contribution in [1.29, 1.82) is 0 Å². The molecule has 2 aliphatic rings. The first kappa shape index (κ1) is 40.5. The minimum Gasteiger partial charge on any atom is -0.456 e. The van der Waals surface area contributed by atoms with E-state index in [1.807, 2.05) is 12.1 Å². The van der Waals surface area contributed by atoms with Gasteiger partial charge in [-0.1, -0.05) is 151 Å². The van der Waals surface area contributed by atoms with Crippen molar-refractivity contribution in [2.24, 2.45) is 0 Å². The Balaban J connectivity index is 1.01. The maximum Gasteiger partial charge on any atom is 0.252 e. The summed E-state index contributed by atoms with van der Waals surface area (Å²) in [5.41, 5.74) is 23.2. The van der Waals surface area contributed by atoms with Crippen LogP contribution in [0.2, 0.25) is 0 Å². The van der Waals surface area contributed by atoms with Crippen LogP contribution >= 0.6 is 0 Å². The molecule has 5 heteroatoms. The Morgan fingerprint density at radius 3 is 1.24 bits per heavy atom. The number of para-hydroxylation sites is 2. The molecule has 0 fully saturated rings. The van der Waals surface area contributed by atoms with Crippen molar-refractivity contribution in [3.05, 3.63) is 199 Å². The highest BCUT2D eigenvalue weighted by atomic mass is 16.3. The number of fused-ring (bicyclic) bond motifs is 10. The van der Waals surface area contributed by atoms with E-state index in [1.54, 1.807) is 0 Å².